The van der Waals surface area contributed by atoms with Gasteiger partial charge in [-0.2, -0.15) is 0 Å². The van der Waals surface area contributed by atoms with Gasteiger partial charge in [0.25, 0.3) is 5.91 Å². The highest BCUT2D eigenvalue weighted by Gasteiger charge is 2.22. The molecule has 0 heterocycles. The molecule has 2 atom stereocenters. The summed E-state index contributed by atoms with van der Waals surface area (Å²) in [5.74, 6) is 0.331. The van der Waals surface area contributed by atoms with Gasteiger partial charge in [0.1, 0.15) is 5.75 Å². The first kappa shape index (κ1) is 23.7. The van der Waals surface area contributed by atoms with Crippen molar-refractivity contribution >= 4 is 21.6 Å². The number of carbonyl (C=O) groups is 1. The Balaban J connectivity index is 2.09. The van der Waals surface area contributed by atoms with Gasteiger partial charge >= 0.3 is 0 Å². The lowest BCUT2D eigenvalue weighted by atomic mass is 9.96. The predicted molar refractivity (Wildman–Crippen MR) is 122 cm³/mol. The molecular weight excluding hydrogens is 400 g/mol. The summed E-state index contributed by atoms with van der Waals surface area (Å²) < 4.78 is 30.4. The highest BCUT2D eigenvalue weighted by atomic mass is 32.2. The molecule has 0 saturated heterocycles. The topological polar surface area (TPSA) is 75.7 Å². The number of nitrogens with zero attached hydrogens (tertiary/aromatic N) is 1. The number of nitrogens with one attached hydrogen (secondary N) is 1. The number of sulfonamides is 1. The van der Waals surface area contributed by atoms with Gasteiger partial charge in [-0.3, -0.25) is 9.10 Å². The molecule has 1 N–H and O–H groups in total. The van der Waals surface area contributed by atoms with E-state index < -0.39 is 16.1 Å². The summed E-state index contributed by atoms with van der Waals surface area (Å²) in [6.45, 7) is 10.1. The molecule has 2 aromatic carbocycles. The molecular formula is C23H32N2O4S. The van der Waals surface area contributed by atoms with Crippen LogP contribution in [0.4, 0.5) is 5.69 Å². The smallest absolute Gasteiger partial charge is 0.261 e. The van der Waals surface area contributed by atoms with E-state index in [0.717, 1.165) is 17.4 Å². The zero-order valence-electron chi connectivity index (χ0n) is 18.8. The Kier molecular flexibility index (Phi) is 7.53. The maximum atomic E-state index is 12.8. The first-order valence-corrected chi connectivity index (χ1v) is 11.9. The van der Waals surface area contributed by atoms with Crippen molar-refractivity contribution in [3.05, 3.63) is 58.7 Å². The summed E-state index contributed by atoms with van der Waals surface area (Å²) in [4.78, 5) is 12.8. The summed E-state index contributed by atoms with van der Waals surface area (Å²) >= 11 is 0. The van der Waals surface area contributed by atoms with Crippen LogP contribution in [-0.2, 0) is 14.8 Å². The second kappa shape index (κ2) is 9.51. The fourth-order valence-corrected chi connectivity index (χ4v) is 3.75. The van der Waals surface area contributed by atoms with Crippen molar-refractivity contribution in [3.63, 3.8) is 0 Å². The summed E-state index contributed by atoms with van der Waals surface area (Å²) in [5.41, 5.74) is 5.19. The lowest BCUT2D eigenvalue weighted by molar-refractivity contribution is -0.128. The number of aryl methyl sites for hydroxylation is 3. The Hall–Kier alpha value is -2.54. The monoisotopic (exact) mass is 432 g/mol. The Morgan fingerprint density at radius 2 is 1.63 bits per heavy atom. The van der Waals surface area contributed by atoms with Crippen LogP contribution in [0.3, 0.4) is 0 Å². The Bertz CT molecular complexity index is 1000. The highest BCUT2D eigenvalue weighted by Crippen LogP contribution is 2.24. The minimum atomic E-state index is -3.33. The number of hydrogen-bond donors (Lipinski definition) is 1. The minimum Gasteiger partial charge on any atom is -0.481 e. The van der Waals surface area contributed by atoms with Gasteiger partial charge in [0.05, 0.1) is 18.0 Å². The van der Waals surface area contributed by atoms with Crippen LogP contribution in [0.1, 0.15) is 48.6 Å². The first-order chi connectivity index (χ1) is 13.9. The number of carbonyl (C=O) groups excluding carboxylic acids is 1. The molecule has 0 radical (unpaired) electrons. The molecule has 0 aliphatic carbocycles. The number of anilines is 1. The number of hydrogen-bond acceptors (Lipinski definition) is 4. The average molecular weight is 433 g/mol. The molecule has 0 bridgehead atoms. The third kappa shape index (κ3) is 5.75. The summed E-state index contributed by atoms with van der Waals surface area (Å²) in [6, 6.07) is 10.8. The summed E-state index contributed by atoms with van der Waals surface area (Å²) in [7, 11) is -1.84. The standard InChI is InChI=1S/C23H32N2O4S/c1-8-22(29-20-11-9-19(10-12-20)25(6)30(7,27)28)23(26)24-18(5)21-14-16(3)15(2)13-17(21)4/h9-14,18,22H,8H2,1-7H3,(H,24,26)/t18-,22-/m0/s1. The maximum Gasteiger partial charge on any atom is 0.261 e. The number of amides is 1. The first-order valence-electron chi connectivity index (χ1n) is 10.0. The number of benzene rings is 2. The highest BCUT2D eigenvalue weighted by molar-refractivity contribution is 7.92. The molecule has 164 valence electrons. The van der Waals surface area contributed by atoms with E-state index >= 15 is 0 Å². The van der Waals surface area contributed by atoms with Gasteiger partial charge < -0.3 is 10.1 Å². The van der Waals surface area contributed by atoms with Gasteiger partial charge in [0.15, 0.2) is 6.10 Å². The largest absolute Gasteiger partial charge is 0.481 e. The van der Waals surface area contributed by atoms with Crippen LogP contribution >= 0.6 is 0 Å². The van der Waals surface area contributed by atoms with Crippen LogP contribution in [0.5, 0.6) is 5.75 Å². The molecule has 7 heteroatoms. The van der Waals surface area contributed by atoms with Crippen LogP contribution in [0.2, 0.25) is 0 Å². The fraction of sp³-hybridized carbons (Fsp3) is 0.435. The zero-order chi connectivity index (χ0) is 22.6. The third-order valence-corrected chi connectivity index (χ3v) is 6.55. The molecule has 2 aromatic rings. The Morgan fingerprint density at radius 1 is 1.07 bits per heavy atom. The number of rotatable bonds is 8. The molecule has 30 heavy (non-hydrogen) atoms. The van der Waals surface area contributed by atoms with Crippen molar-refractivity contribution < 1.29 is 17.9 Å². The molecule has 0 saturated carbocycles. The molecule has 1 amide bonds. The van der Waals surface area contributed by atoms with E-state index in [4.69, 9.17) is 4.74 Å². The molecule has 0 spiro atoms. The van der Waals surface area contributed by atoms with Crippen molar-refractivity contribution in [2.24, 2.45) is 0 Å². The summed E-state index contributed by atoms with van der Waals surface area (Å²) in [6.07, 6.45) is 1.01. The van der Waals surface area contributed by atoms with Crippen LogP contribution < -0.4 is 14.4 Å². The van der Waals surface area contributed by atoms with Crippen molar-refractivity contribution in [3.8, 4) is 5.75 Å². The molecule has 0 fully saturated rings. The maximum absolute atomic E-state index is 12.8. The van der Waals surface area contributed by atoms with Gasteiger partial charge in [0, 0.05) is 7.05 Å². The van der Waals surface area contributed by atoms with Crippen LogP contribution in [-0.4, -0.2) is 33.7 Å². The van der Waals surface area contributed by atoms with Crippen molar-refractivity contribution in [2.45, 2.75) is 53.2 Å². The lowest BCUT2D eigenvalue weighted by Gasteiger charge is -2.23. The number of ether oxygens (including phenoxy) is 1. The molecule has 0 aromatic heterocycles. The second-order valence-corrected chi connectivity index (χ2v) is 9.78. The van der Waals surface area contributed by atoms with Crippen LogP contribution in [0.15, 0.2) is 36.4 Å². The molecule has 2 rings (SSSR count). The van der Waals surface area contributed by atoms with Gasteiger partial charge in [-0.25, -0.2) is 8.42 Å². The normalized spacial score (nSPS) is 13.4. The van der Waals surface area contributed by atoms with Gasteiger partial charge in [-0.15, -0.1) is 0 Å². The molecule has 0 aliphatic heterocycles. The molecule has 0 aliphatic rings. The van der Waals surface area contributed by atoms with E-state index in [1.807, 2.05) is 20.8 Å². The van der Waals surface area contributed by atoms with Gasteiger partial charge in [-0.1, -0.05) is 19.1 Å². The third-order valence-electron chi connectivity index (χ3n) is 5.35. The van der Waals surface area contributed by atoms with E-state index in [2.05, 4.69) is 31.3 Å². The van der Waals surface area contributed by atoms with Gasteiger partial charge in [0.2, 0.25) is 10.0 Å². The average Bonchev–Trinajstić information content (AvgIpc) is 2.67. The van der Waals surface area contributed by atoms with Crippen molar-refractivity contribution in [2.75, 3.05) is 17.6 Å². The second-order valence-electron chi connectivity index (χ2n) is 7.76. The van der Waals surface area contributed by atoms with Crippen LogP contribution in [0, 0.1) is 20.8 Å². The SMILES string of the molecule is CC[C@H](Oc1ccc(N(C)S(C)(=O)=O)cc1)C(=O)N[C@@H](C)c1cc(C)c(C)cc1C. The quantitative estimate of drug-likeness (QED) is 0.683. The van der Waals surface area contributed by atoms with E-state index in [0.29, 0.717) is 17.9 Å². The Labute approximate surface area is 180 Å². The zero-order valence-corrected chi connectivity index (χ0v) is 19.6. The van der Waals surface area contributed by atoms with Crippen molar-refractivity contribution in [1.29, 1.82) is 0 Å². The van der Waals surface area contributed by atoms with E-state index in [9.17, 15) is 13.2 Å². The summed E-state index contributed by atoms with van der Waals surface area (Å²) in [5, 5.41) is 3.05. The van der Waals surface area contributed by atoms with Crippen LogP contribution in [0.25, 0.3) is 0 Å². The van der Waals surface area contributed by atoms with E-state index in [1.54, 1.807) is 24.3 Å². The Morgan fingerprint density at radius 3 is 2.17 bits per heavy atom. The lowest BCUT2D eigenvalue weighted by Crippen LogP contribution is -2.39. The van der Waals surface area contributed by atoms with Gasteiger partial charge in [-0.05, 0) is 80.6 Å². The predicted octanol–water partition coefficient (Wildman–Crippen LogP) is 4.04. The molecule has 6 nitrogen and oxygen atoms in total. The van der Waals surface area contributed by atoms with E-state index in [1.165, 1.54) is 22.5 Å². The van der Waals surface area contributed by atoms with Crippen molar-refractivity contribution in [1.82, 2.24) is 5.32 Å². The fourth-order valence-electron chi connectivity index (χ4n) is 3.25. The van der Waals surface area contributed by atoms with E-state index in [-0.39, 0.29) is 11.9 Å². The minimum absolute atomic E-state index is 0.139. The molecule has 0 unspecified atom stereocenters.